The lowest BCUT2D eigenvalue weighted by molar-refractivity contribution is 0.340. The Bertz CT molecular complexity index is 1700. The zero-order chi connectivity index (χ0) is 23.7. The van der Waals surface area contributed by atoms with Crippen LogP contribution in [0.15, 0.2) is 70.8 Å². The van der Waals surface area contributed by atoms with Gasteiger partial charge in [0, 0.05) is 11.9 Å². The first kappa shape index (κ1) is 21.9. The molecule has 8 heteroatoms. The summed E-state index contributed by atoms with van der Waals surface area (Å²) in [6.45, 7) is 2.48. The zero-order valence-electron chi connectivity index (χ0n) is 18.6. The fourth-order valence-electron chi connectivity index (χ4n) is 3.81. The van der Waals surface area contributed by atoms with Crippen molar-refractivity contribution in [1.29, 1.82) is 5.26 Å². The Morgan fingerprint density at radius 1 is 1.15 bits per heavy atom. The number of imidazole rings is 1. The molecule has 0 saturated carbocycles. The molecule has 0 aliphatic carbocycles. The Morgan fingerprint density at radius 3 is 2.62 bits per heavy atom. The van der Waals surface area contributed by atoms with E-state index in [1.165, 1.54) is 11.3 Å². The van der Waals surface area contributed by atoms with E-state index in [9.17, 15) is 10.1 Å². The average molecular weight is 485 g/mol. The van der Waals surface area contributed by atoms with E-state index >= 15 is 0 Å². The maximum atomic E-state index is 13.6. The second kappa shape index (κ2) is 9.14. The third-order valence-electron chi connectivity index (χ3n) is 5.38. The van der Waals surface area contributed by atoms with Gasteiger partial charge in [-0.25, -0.2) is 4.98 Å². The van der Waals surface area contributed by atoms with Gasteiger partial charge in [0.25, 0.3) is 5.56 Å². The molecule has 2 aromatic carbocycles. The number of rotatable bonds is 5. The SMILES string of the molecule is CCOc1ccc(-n2c(=C(C#N)c3nc4ccccc4n3C)sc(=Cc3cccs3)c2=O)cc1. The van der Waals surface area contributed by atoms with Gasteiger partial charge in [0.1, 0.15) is 22.1 Å². The molecule has 0 amide bonds. The summed E-state index contributed by atoms with van der Waals surface area (Å²) >= 11 is 2.86. The van der Waals surface area contributed by atoms with E-state index in [0.29, 0.717) is 32.9 Å². The molecular weight excluding hydrogens is 464 g/mol. The molecule has 0 bridgehead atoms. The highest BCUT2D eigenvalue weighted by Crippen LogP contribution is 2.19. The van der Waals surface area contributed by atoms with Crippen molar-refractivity contribution in [1.82, 2.24) is 14.1 Å². The van der Waals surface area contributed by atoms with Gasteiger partial charge in [0.05, 0.1) is 27.9 Å². The predicted molar refractivity (Wildman–Crippen MR) is 137 cm³/mol. The number of thiazole rings is 1. The minimum atomic E-state index is -0.177. The summed E-state index contributed by atoms with van der Waals surface area (Å²) in [5.41, 5.74) is 2.55. The maximum Gasteiger partial charge on any atom is 0.273 e. The molecule has 5 aromatic rings. The molecule has 168 valence electrons. The molecule has 0 unspecified atom stereocenters. The van der Waals surface area contributed by atoms with E-state index in [2.05, 4.69) is 6.07 Å². The van der Waals surface area contributed by atoms with Crippen molar-refractivity contribution in [3.8, 4) is 17.5 Å². The standard InChI is InChI=1S/C26H20N4O2S2/c1-3-32-18-12-10-17(11-13-18)30-25(31)23(15-19-7-6-14-33-19)34-26(30)20(16-27)24-28-21-8-4-5-9-22(21)29(24)2/h4-15H,3H2,1-2H3. The quantitative estimate of drug-likeness (QED) is 0.380. The highest BCUT2D eigenvalue weighted by molar-refractivity contribution is 7.11. The van der Waals surface area contributed by atoms with E-state index in [0.717, 1.165) is 21.7 Å². The third-order valence-corrected chi connectivity index (χ3v) is 7.29. The molecule has 0 spiro atoms. The summed E-state index contributed by atoms with van der Waals surface area (Å²) in [5.74, 6) is 1.24. The Morgan fingerprint density at radius 2 is 1.94 bits per heavy atom. The van der Waals surface area contributed by atoms with Crippen LogP contribution >= 0.6 is 22.7 Å². The van der Waals surface area contributed by atoms with Gasteiger partial charge in [0.2, 0.25) is 0 Å². The largest absolute Gasteiger partial charge is 0.494 e. The van der Waals surface area contributed by atoms with Crippen LogP contribution in [-0.2, 0) is 7.05 Å². The minimum absolute atomic E-state index is 0.177. The molecule has 6 nitrogen and oxygen atoms in total. The lowest BCUT2D eigenvalue weighted by Crippen LogP contribution is -2.31. The topological polar surface area (TPSA) is 72.8 Å². The van der Waals surface area contributed by atoms with Crippen LogP contribution in [0.1, 0.15) is 17.6 Å². The molecule has 0 radical (unpaired) electrons. The number of benzene rings is 2. The number of nitriles is 1. The molecule has 0 N–H and O–H groups in total. The van der Waals surface area contributed by atoms with Crippen molar-refractivity contribution in [3.05, 3.63) is 96.3 Å². The first-order chi connectivity index (χ1) is 16.6. The van der Waals surface area contributed by atoms with Crippen molar-refractivity contribution < 1.29 is 4.74 Å². The summed E-state index contributed by atoms with van der Waals surface area (Å²) in [6.07, 6.45) is 1.87. The molecular formula is C26H20N4O2S2. The van der Waals surface area contributed by atoms with E-state index in [4.69, 9.17) is 9.72 Å². The Balaban J connectivity index is 1.84. The number of hydrogen-bond donors (Lipinski definition) is 0. The highest BCUT2D eigenvalue weighted by atomic mass is 32.1. The van der Waals surface area contributed by atoms with Crippen LogP contribution in [0.5, 0.6) is 5.75 Å². The molecule has 0 fully saturated rings. The first-order valence-electron chi connectivity index (χ1n) is 10.7. The van der Waals surface area contributed by atoms with E-state index in [-0.39, 0.29) is 5.56 Å². The van der Waals surface area contributed by atoms with Crippen LogP contribution in [-0.4, -0.2) is 20.7 Å². The number of hydrogen-bond acceptors (Lipinski definition) is 6. The number of fused-ring (bicyclic) bond motifs is 1. The molecule has 0 saturated heterocycles. The molecule has 0 aliphatic heterocycles. The molecule has 0 aliphatic rings. The van der Waals surface area contributed by atoms with Crippen LogP contribution in [0.2, 0.25) is 0 Å². The summed E-state index contributed by atoms with van der Waals surface area (Å²) < 4.78 is 10.1. The smallest absolute Gasteiger partial charge is 0.273 e. The summed E-state index contributed by atoms with van der Waals surface area (Å²) in [6, 6.07) is 21.3. The van der Waals surface area contributed by atoms with Crippen molar-refractivity contribution >= 4 is 45.4 Å². The van der Waals surface area contributed by atoms with Gasteiger partial charge in [-0.15, -0.1) is 22.7 Å². The van der Waals surface area contributed by atoms with E-state index in [1.54, 1.807) is 15.9 Å². The number of aryl methyl sites for hydroxylation is 1. The molecule has 0 atom stereocenters. The molecule has 3 heterocycles. The van der Waals surface area contributed by atoms with Gasteiger partial charge in [-0.2, -0.15) is 5.26 Å². The van der Waals surface area contributed by atoms with E-state index < -0.39 is 0 Å². The first-order valence-corrected chi connectivity index (χ1v) is 12.4. The normalized spacial score (nSPS) is 12.7. The monoisotopic (exact) mass is 484 g/mol. The van der Waals surface area contributed by atoms with E-state index in [1.807, 2.05) is 90.7 Å². The minimum Gasteiger partial charge on any atom is -0.494 e. The Kier molecular flexibility index (Phi) is 5.88. The lowest BCUT2D eigenvalue weighted by atomic mass is 10.2. The van der Waals surface area contributed by atoms with Gasteiger partial charge in [-0.3, -0.25) is 9.36 Å². The van der Waals surface area contributed by atoms with Crippen LogP contribution in [0.4, 0.5) is 0 Å². The summed E-state index contributed by atoms with van der Waals surface area (Å²) in [5, 5.41) is 12.2. The van der Waals surface area contributed by atoms with Gasteiger partial charge >= 0.3 is 0 Å². The average Bonchev–Trinajstić information content (AvgIpc) is 3.56. The van der Waals surface area contributed by atoms with Crippen molar-refractivity contribution in [2.75, 3.05) is 6.61 Å². The second-order valence-electron chi connectivity index (χ2n) is 7.47. The van der Waals surface area contributed by atoms with Crippen LogP contribution in [0, 0.1) is 11.3 Å². The highest BCUT2D eigenvalue weighted by Gasteiger charge is 2.18. The fraction of sp³-hybridized carbons (Fsp3) is 0.115. The molecule has 3 aromatic heterocycles. The van der Waals surface area contributed by atoms with Crippen LogP contribution < -0.4 is 19.5 Å². The van der Waals surface area contributed by atoms with Crippen molar-refractivity contribution in [3.63, 3.8) is 0 Å². The summed E-state index contributed by atoms with van der Waals surface area (Å²) in [7, 11) is 1.88. The third kappa shape index (κ3) is 3.85. The van der Waals surface area contributed by atoms with Crippen molar-refractivity contribution in [2.45, 2.75) is 6.92 Å². The second-order valence-corrected chi connectivity index (χ2v) is 9.48. The zero-order valence-corrected chi connectivity index (χ0v) is 20.2. The Labute approximate surface area is 203 Å². The Hall–Kier alpha value is -3.93. The maximum absolute atomic E-state index is 13.6. The fourth-order valence-corrected chi connectivity index (χ4v) is 5.63. The summed E-state index contributed by atoms with van der Waals surface area (Å²) in [4.78, 5) is 19.3. The number of para-hydroxylation sites is 2. The van der Waals surface area contributed by atoms with Gasteiger partial charge in [-0.1, -0.05) is 18.2 Å². The lowest BCUT2D eigenvalue weighted by Gasteiger charge is -2.07. The number of nitrogens with zero attached hydrogens (tertiary/aromatic N) is 4. The predicted octanol–water partition coefficient (Wildman–Crippen LogP) is 3.80. The van der Waals surface area contributed by atoms with Crippen LogP contribution in [0.25, 0.3) is 28.4 Å². The van der Waals surface area contributed by atoms with Gasteiger partial charge in [0.15, 0.2) is 5.82 Å². The van der Waals surface area contributed by atoms with Gasteiger partial charge in [-0.05, 0) is 60.8 Å². The molecule has 5 rings (SSSR count). The number of aromatic nitrogens is 3. The van der Waals surface area contributed by atoms with Crippen LogP contribution in [0.3, 0.4) is 0 Å². The number of ether oxygens (including phenoxy) is 1. The molecule has 34 heavy (non-hydrogen) atoms. The number of thiophene rings is 1. The van der Waals surface area contributed by atoms with Gasteiger partial charge < -0.3 is 9.30 Å². The van der Waals surface area contributed by atoms with Crippen molar-refractivity contribution in [2.24, 2.45) is 7.05 Å².